The van der Waals surface area contributed by atoms with Crippen LogP contribution in [0, 0.1) is 0 Å². The molecule has 0 aliphatic carbocycles. The van der Waals surface area contributed by atoms with E-state index in [9.17, 15) is 13.2 Å². The molecule has 1 aliphatic rings. The minimum Gasteiger partial charge on any atom is -0.497 e. The van der Waals surface area contributed by atoms with Gasteiger partial charge in [-0.05, 0) is 37.0 Å². The second-order valence-corrected chi connectivity index (χ2v) is 7.80. The van der Waals surface area contributed by atoms with E-state index < -0.39 is 15.4 Å². The molecule has 1 saturated heterocycles. The summed E-state index contributed by atoms with van der Waals surface area (Å²) in [5.41, 5.74) is 0.0148. The molecular weight excluding hydrogens is 318 g/mol. The molecule has 1 aromatic rings. The Balaban J connectivity index is 2.38. The molecule has 2 rings (SSSR count). The van der Waals surface area contributed by atoms with Crippen LogP contribution in [0.4, 0.5) is 0 Å². The number of carbonyl (C=O) groups is 1. The van der Waals surface area contributed by atoms with Crippen LogP contribution in [-0.2, 0) is 25.0 Å². The summed E-state index contributed by atoms with van der Waals surface area (Å²) in [4.78, 5) is 12.5. The van der Waals surface area contributed by atoms with E-state index in [4.69, 9.17) is 9.47 Å². The molecule has 23 heavy (non-hydrogen) atoms. The maximum absolute atomic E-state index is 12.5. The maximum atomic E-state index is 12.5. The molecule has 128 valence electrons. The highest BCUT2D eigenvalue weighted by Crippen LogP contribution is 2.38. The zero-order chi connectivity index (χ0) is 17.1. The van der Waals surface area contributed by atoms with Gasteiger partial charge in [-0.1, -0.05) is 12.1 Å². The smallest absolute Gasteiger partial charge is 0.316 e. The Morgan fingerprint density at radius 3 is 2.30 bits per heavy atom. The number of esters is 1. The van der Waals surface area contributed by atoms with Crippen molar-refractivity contribution in [1.82, 2.24) is 4.31 Å². The fourth-order valence-electron chi connectivity index (χ4n) is 3.16. The number of hydrogen-bond acceptors (Lipinski definition) is 5. The van der Waals surface area contributed by atoms with Crippen molar-refractivity contribution in [2.24, 2.45) is 0 Å². The highest BCUT2D eigenvalue weighted by atomic mass is 32.2. The summed E-state index contributed by atoms with van der Waals surface area (Å²) in [5, 5.41) is 0. The molecule has 1 atom stereocenters. The quantitative estimate of drug-likeness (QED) is 0.777. The standard InChI is InChI=1S/C16H23NO5S/c1-21-14-7-5-13(6-8-14)16(15(18)22-2)9-4-11-17(12-10-16)23(3,19)20/h5-8H,4,9-12H2,1-3H3. The van der Waals surface area contributed by atoms with E-state index in [0.29, 0.717) is 38.1 Å². The van der Waals surface area contributed by atoms with E-state index in [0.717, 1.165) is 5.56 Å². The zero-order valence-electron chi connectivity index (χ0n) is 13.7. The van der Waals surface area contributed by atoms with Gasteiger partial charge in [0.25, 0.3) is 0 Å². The van der Waals surface area contributed by atoms with E-state index in [1.54, 1.807) is 19.2 Å². The molecule has 1 aromatic carbocycles. The average Bonchev–Trinajstić information content (AvgIpc) is 2.78. The van der Waals surface area contributed by atoms with E-state index in [1.807, 2.05) is 12.1 Å². The van der Waals surface area contributed by atoms with Gasteiger partial charge in [0, 0.05) is 13.1 Å². The molecule has 7 heteroatoms. The van der Waals surface area contributed by atoms with Crippen LogP contribution in [0.3, 0.4) is 0 Å². The Labute approximate surface area is 137 Å². The van der Waals surface area contributed by atoms with Gasteiger partial charge in [0.2, 0.25) is 10.0 Å². The van der Waals surface area contributed by atoms with Crippen LogP contribution in [0.15, 0.2) is 24.3 Å². The van der Waals surface area contributed by atoms with Gasteiger partial charge in [0.05, 0.1) is 25.9 Å². The monoisotopic (exact) mass is 341 g/mol. The van der Waals surface area contributed by atoms with Gasteiger partial charge in [-0.15, -0.1) is 0 Å². The minimum atomic E-state index is -3.26. The number of carbonyl (C=O) groups excluding carboxylic acids is 1. The molecule has 0 amide bonds. The van der Waals surface area contributed by atoms with Gasteiger partial charge >= 0.3 is 5.97 Å². The molecule has 0 radical (unpaired) electrons. The first-order chi connectivity index (χ1) is 10.8. The second kappa shape index (κ2) is 6.88. The summed E-state index contributed by atoms with van der Waals surface area (Å²) in [5.74, 6) is 0.387. The third kappa shape index (κ3) is 3.67. The number of rotatable bonds is 4. The topological polar surface area (TPSA) is 72.9 Å². The molecule has 0 bridgehead atoms. The summed E-state index contributed by atoms with van der Waals surface area (Å²) < 4.78 is 35.2. The van der Waals surface area contributed by atoms with Crippen LogP contribution in [0.25, 0.3) is 0 Å². The van der Waals surface area contributed by atoms with Crippen molar-refractivity contribution in [3.05, 3.63) is 29.8 Å². The summed E-state index contributed by atoms with van der Waals surface area (Å²) in [6.45, 7) is 0.730. The van der Waals surface area contributed by atoms with Crippen LogP contribution >= 0.6 is 0 Å². The Morgan fingerprint density at radius 2 is 1.78 bits per heavy atom. The van der Waals surface area contributed by atoms with E-state index in [2.05, 4.69) is 0 Å². The van der Waals surface area contributed by atoms with Crippen LogP contribution in [-0.4, -0.2) is 52.3 Å². The number of sulfonamides is 1. The number of ether oxygens (including phenoxy) is 2. The SMILES string of the molecule is COC(=O)C1(c2ccc(OC)cc2)CCCN(S(C)(=O)=O)CC1. The highest BCUT2D eigenvalue weighted by molar-refractivity contribution is 7.88. The van der Waals surface area contributed by atoms with E-state index >= 15 is 0 Å². The molecule has 1 unspecified atom stereocenters. The predicted octanol–water partition coefficient (Wildman–Crippen LogP) is 1.55. The zero-order valence-corrected chi connectivity index (χ0v) is 14.6. The lowest BCUT2D eigenvalue weighted by molar-refractivity contribution is -0.148. The summed E-state index contributed by atoms with van der Waals surface area (Å²) in [6.07, 6.45) is 2.76. The summed E-state index contributed by atoms with van der Waals surface area (Å²) in [6, 6.07) is 7.32. The molecule has 0 aromatic heterocycles. The predicted molar refractivity (Wildman–Crippen MR) is 87.0 cm³/mol. The van der Waals surface area contributed by atoms with Gasteiger partial charge in [-0.2, -0.15) is 0 Å². The molecular formula is C16H23NO5S. The lowest BCUT2D eigenvalue weighted by atomic mass is 9.74. The Morgan fingerprint density at radius 1 is 1.13 bits per heavy atom. The normalized spacial score (nSPS) is 23.1. The van der Waals surface area contributed by atoms with Crippen molar-refractivity contribution in [2.45, 2.75) is 24.7 Å². The Kier molecular flexibility index (Phi) is 5.31. The lowest BCUT2D eigenvalue weighted by Crippen LogP contribution is -2.39. The lowest BCUT2D eigenvalue weighted by Gasteiger charge is -2.30. The molecule has 0 saturated carbocycles. The third-order valence-electron chi connectivity index (χ3n) is 4.49. The van der Waals surface area contributed by atoms with E-state index in [1.165, 1.54) is 17.7 Å². The minimum absolute atomic E-state index is 0.306. The molecule has 1 aliphatic heterocycles. The van der Waals surface area contributed by atoms with Gasteiger partial charge in [0.15, 0.2) is 0 Å². The van der Waals surface area contributed by atoms with Gasteiger partial charge < -0.3 is 9.47 Å². The number of hydrogen-bond donors (Lipinski definition) is 0. The number of methoxy groups -OCH3 is 2. The van der Waals surface area contributed by atoms with Crippen molar-refractivity contribution in [3.8, 4) is 5.75 Å². The molecule has 1 heterocycles. The van der Waals surface area contributed by atoms with Crippen molar-refractivity contribution in [3.63, 3.8) is 0 Å². The summed E-state index contributed by atoms with van der Waals surface area (Å²) >= 11 is 0. The third-order valence-corrected chi connectivity index (χ3v) is 5.79. The molecule has 0 spiro atoms. The first-order valence-electron chi connectivity index (χ1n) is 7.51. The van der Waals surface area contributed by atoms with Gasteiger partial charge in [-0.25, -0.2) is 12.7 Å². The van der Waals surface area contributed by atoms with Crippen LogP contribution in [0.1, 0.15) is 24.8 Å². The molecule has 6 nitrogen and oxygen atoms in total. The fraction of sp³-hybridized carbons (Fsp3) is 0.562. The number of benzene rings is 1. The first-order valence-corrected chi connectivity index (χ1v) is 9.36. The van der Waals surface area contributed by atoms with Crippen LogP contribution in [0.2, 0.25) is 0 Å². The Bertz CT molecular complexity index is 656. The maximum Gasteiger partial charge on any atom is 0.316 e. The van der Waals surface area contributed by atoms with Crippen molar-refractivity contribution in [1.29, 1.82) is 0 Å². The van der Waals surface area contributed by atoms with Crippen molar-refractivity contribution >= 4 is 16.0 Å². The average molecular weight is 341 g/mol. The Hall–Kier alpha value is -1.60. The highest BCUT2D eigenvalue weighted by Gasteiger charge is 2.43. The van der Waals surface area contributed by atoms with Crippen molar-refractivity contribution < 1.29 is 22.7 Å². The number of nitrogens with zero attached hydrogens (tertiary/aromatic N) is 1. The van der Waals surface area contributed by atoms with E-state index in [-0.39, 0.29) is 5.97 Å². The van der Waals surface area contributed by atoms with Crippen LogP contribution in [0.5, 0.6) is 5.75 Å². The first kappa shape index (κ1) is 17.7. The van der Waals surface area contributed by atoms with Gasteiger partial charge in [0.1, 0.15) is 5.75 Å². The largest absolute Gasteiger partial charge is 0.497 e. The fourth-order valence-corrected chi connectivity index (χ4v) is 4.04. The molecule has 0 N–H and O–H groups in total. The molecule has 1 fully saturated rings. The van der Waals surface area contributed by atoms with Gasteiger partial charge in [-0.3, -0.25) is 4.79 Å². The van der Waals surface area contributed by atoms with Crippen molar-refractivity contribution in [2.75, 3.05) is 33.6 Å². The van der Waals surface area contributed by atoms with Crippen LogP contribution < -0.4 is 4.74 Å². The second-order valence-electron chi connectivity index (χ2n) is 5.82. The summed E-state index contributed by atoms with van der Waals surface area (Å²) in [7, 11) is -0.312.